The lowest BCUT2D eigenvalue weighted by Gasteiger charge is -2.47. The molecule has 1 amide bonds. The molecule has 1 fully saturated rings. The molecule has 162 valence electrons. The molecule has 2 aliphatic rings. The largest absolute Gasteiger partial charge is 0.366 e. The molecule has 0 radical (unpaired) electrons. The summed E-state index contributed by atoms with van der Waals surface area (Å²) in [6.45, 7) is 12.3. The van der Waals surface area contributed by atoms with Crippen LogP contribution in [0.4, 0.5) is 11.4 Å². The summed E-state index contributed by atoms with van der Waals surface area (Å²) in [5, 5.41) is 0.713. The summed E-state index contributed by atoms with van der Waals surface area (Å²) in [4.78, 5) is 22.4. The highest BCUT2D eigenvalue weighted by atomic mass is 32.2. The quantitative estimate of drug-likeness (QED) is 0.530. The van der Waals surface area contributed by atoms with Crippen LogP contribution in [0.3, 0.4) is 0 Å². The summed E-state index contributed by atoms with van der Waals surface area (Å²) >= 11 is 1.45. The predicted molar refractivity (Wildman–Crippen MR) is 133 cm³/mol. The van der Waals surface area contributed by atoms with Gasteiger partial charge in [0.2, 0.25) is 0 Å². The Labute approximate surface area is 190 Å². The van der Waals surface area contributed by atoms with E-state index in [1.165, 1.54) is 28.6 Å². The Kier molecular flexibility index (Phi) is 5.73. The van der Waals surface area contributed by atoms with Gasteiger partial charge in [0.15, 0.2) is 5.17 Å². The standard InChI is InChI=1S/C26H31N3OS/c1-7-29-22-13-17(2)19(14-21(22)18(3)16-26(29,4)5)15-23-24(30)28(6)25(31-23)27-20-11-9-8-10-12-20/h8-15,18H,7,16H2,1-6H3/b23-15-,27-25?. The molecule has 1 unspecified atom stereocenters. The van der Waals surface area contributed by atoms with Crippen molar-refractivity contribution in [3.63, 3.8) is 0 Å². The number of likely N-dealkylation sites (N-methyl/N-ethyl adjacent to an activating group) is 1. The van der Waals surface area contributed by atoms with Crippen molar-refractivity contribution in [2.45, 2.75) is 52.5 Å². The SMILES string of the molecule is CCN1c2cc(C)c(/C=C3\SC(=Nc4ccccc4)N(C)C3=O)cc2C(C)CC1(C)C. The van der Waals surface area contributed by atoms with Crippen molar-refractivity contribution in [1.29, 1.82) is 0 Å². The smallest absolute Gasteiger partial charge is 0.266 e. The topological polar surface area (TPSA) is 35.9 Å². The molecule has 2 aliphatic heterocycles. The number of amides is 1. The number of aliphatic imine (C=N–C) groups is 1. The van der Waals surface area contributed by atoms with E-state index in [2.05, 4.69) is 56.6 Å². The van der Waals surface area contributed by atoms with Crippen molar-refractivity contribution < 1.29 is 4.79 Å². The van der Waals surface area contributed by atoms with E-state index < -0.39 is 0 Å². The number of benzene rings is 2. The van der Waals surface area contributed by atoms with E-state index in [0.29, 0.717) is 11.1 Å². The molecule has 0 bridgehead atoms. The van der Waals surface area contributed by atoms with Gasteiger partial charge in [-0.05, 0) is 98.8 Å². The average Bonchev–Trinajstić information content (AvgIpc) is 2.97. The number of fused-ring (bicyclic) bond motifs is 1. The van der Waals surface area contributed by atoms with Gasteiger partial charge in [-0.2, -0.15) is 0 Å². The minimum Gasteiger partial charge on any atom is -0.366 e. The van der Waals surface area contributed by atoms with Crippen LogP contribution in [0.5, 0.6) is 0 Å². The van der Waals surface area contributed by atoms with Crippen molar-refractivity contribution in [2.24, 2.45) is 4.99 Å². The van der Waals surface area contributed by atoms with Gasteiger partial charge in [0.05, 0.1) is 10.6 Å². The predicted octanol–water partition coefficient (Wildman–Crippen LogP) is 6.34. The number of hydrogen-bond acceptors (Lipinski definition) is 4. The molecule has 0 aliphatic carbocycles. The van der Waals surface area contributed by atoms with Crippen LogP contribution < -0.4 is 4.90 Å². The third kappa shape index (κ3) is 4.03. The van der Waals surface area contributed by atoms with Crippen LogP contribution in [0.25, 0.3) is 6.08 Å². The van der Waals surface area contributed by atoms with Gasteiger partial charge in [-0.25, -0.2) is 4.99 Å². The van der Waals surface area contributed by atoms with E-state index >= 15 is 0 Å². The number of amidine groups is 1. The molecular weight excluding hydrogens is 402 g/mol. The minimum atomic E-state index is 0.00108. The Balaban J connectivity index is 1.70. The maximum atomic E-state index is 12.9. The van der Waals surface area contributed by atoms with Crippen LogP contribution in [0.1, 0.15) is 56.7 Å². The number of rotatable bonds is 3. The average molecular weight is 434 g/mol. The molecule has 0 saturated carbocycles. The van der Waals surface area contributed by atoms with E-state index in [4.69, 9.17) is 0 Å². The van der Waals surface area contributed by atoms with E-state index in [-0.39, 0.29) is 11.4 Å². The fourth-order valence-electron chi connectivity index (χ4n) is 4.81. The lowest BCUT2D eigenvalue weighted by molar-refractivity contribution is -0.121. The number of carbonyl (C=O) groups is 1. The molecule has 4 rings (SSSR count). The zero-order chi connectivity index (χ0) is 22.3. The third-order valence-corrected chi connectivity index (χ3v) is 7.42. The number of para-hydroxylation sites is 1. The lowest BCUT2D eigenvalue weighted by Crippen LogP contribution is -2.48. The van der Waals surface area contributed by atoms with Gasteiger partial charge in [-0.1, -0.05) is 25.1 Å². The minimum absolute atomic E-state index is 0.00108. The first kappa shape index (κ1) is 21.7. The van der Waals surface area contributed by atoms with Crippen LogP contribution in [-0.2, 0) is 4.79 Å². The van der Waals surface area contributed by atoms with Gasteiger partial charge in [-0.15, -0.1) is 0 Å². The molecule has 0 spiro atoms. The summed E-state index contributed by atoms with van der Waals surface area (Å²) in [7, 11) is 1.79. The second-order valence-electron chi connectivity index (χ2n) is 9.13. The van der Waals surface area contributed by atoms with E-state index in [1.54, 1.807) is 11.9 Å². The molecule has 2 aromatic carbocycles. The van der Waals surface area contributed by atoms with Crippen LogP contribution in [0.15, 0.2) is 52.4 Å². The van der Waals surface area contributed by atoms with Crippen LogP contribution >= 0.6 is 11.8 Å². The summed E-state index contributed by atoms with van der Waals surface area (Å²) in [6.07, 6.45) is 3.16. The summed E-state index contributed by atoms with van der Waals surface area (Å²) < 4.78 is 0. The molecule has 2 aromatic rings. The fourth-order valence-corrected chi connectivity index (χ4v) is 5.79. The van der Waals surface area contributed by atoms with Crippen molar-refractivity contribution in [2.75, 3.05) is 18.5 Å². The molecule has 2 heterocycles. The molecule has 1 atom stereocenters. The van der Waals surface area contributed by atoms with Crippen LogP contribution in [0.2, 0.25) is 0 Å². The number of hydrogen-bond donors (Lipinski definition) is 0. The second-order valence-corrected chi connectivity index (χ2v) is 10.1. The summed E-state index contributed by atoms with van der Waals surface area (Å²) in [5.41, 5.74) is 6.02. The van der Waals surface area contributed by atoms with Crippen molar-refractivity contribution in [1.82, 2.24) is 4.90 Å². The number of anilines is 1. The van der Waals surface area contributed by atoms with Gasteiger partial charge in [-0.3, -0.25) is 9.69 Å². The molecule has 1 saturated heterocycles. The van der Waals surface area contributed by atoms with Gasteiger partial charge in [0, 0.05) is 24.8 Å². The van der Waals surface area contributed by atoms with Crippen molar-refractivity contribution >= 4 is 40.3 Å². The highest BCUT2D eigenvalue weighted by Crippen LogP contribution is 2.45. The molecule has 0 aromatic heterocycles. The number of carbonyl (C=O) groups excluding carboxylic acids is 1. The van der Waals surface area contributed by atoms with Crippen molar-refractivity contribution in [3.05, 3.63) is 64.1 Å². The zero-order valence-corrected chi connectivity index (χ0v) is 20.1. The Hall–Kier alpha value is -2.53. The van der Waals surface area contributed by atoms with Crippen LogP contribution in [0, 0.1) is 6.92 Å². The Bertz CT molecular complexity index is 1070. The number of thioether (sulfide) groups is 1. The van der Waals surface area contributed by atoms with Gasteiger partial charge >= 0.3 is 0 Å². The summed E-state index contributed by atoms with van der Waals surface area (Å²) in [5.74, 6) is 0.483. The van der Waals surface area contributed by atoms with E-state index in [0.717, 1.165) is 29.1 Å². The highest BCUT2D eigenvalue weighted by Gasteiger charge is 2.36. The first-order chi connectivity index (χ1) is 14.7. The highest BCUT2D eigenvalue weighted by molar-refractivity contribution is 8.18. The maximum Gasteiger partial charge on any atom is 0.266 e. The third-order valence-electron chi connectivity index (χ3n) is 6.36. The molecule has 31 heavy (non-hydrogen) atoms. The molecular formula is C26H31N3OS. The lowest BCUT2D eigenvalue weighted by atomic mass is 9.79. The van der Waals surface area contributed by atoms with Gasteiger partial charge in [0.1, 0.15) is 0 Å². The monoisotopic (exact) mass is 433 g/mol. The van der Waals surface area contributed by atoms with Gasteiger partial charge in [0.25, 0.3) is 5.91 Å². The van der Waals surface area contributed by atoms with Crippen molar-refractivity contribution in [3.8, 4) is 0 Å². The first-order valence-corrected chi connectivity index (χ1v) is 11.8. The number of aryl methyl sites for hydroxylation is 1. The fraction of sp³-hybridized carbons (Fsp3) is 0.385. The summed E-state index contributed by atoms with van der Waals surface area (Å²) in [6, 6.07) is 14.4. The molecule has 5 heteroatoms. The molecule has 4 nitrogen and oxygen atoms in total. The van der Waals surface area contributed by atoms with Gasteiger partial charge < -0.3 is 4.90 Å². The maximum absolute atomic E-state index is 12.9. The Morgan fingerprint density at radius 2 is 1.94 bits per heavy atom. The zero-order valence-electron chi connectivity index (χ0n) is 19.3. The van der Waals surface area contributed by atoms with Crippen LogP contribution in [-0.4, -0.2) is 35.1 Å². The van der Waals surface area contributed by atoms with E-state index in [1.807, 2.05) is 36.4 Å². The second kappa shape index (κ2) is 8.19. The molecule has 0 N–H and O–H groups in total. The Morgan fingerprint density at radius 3 is 2.61 bits per heavy atom. The Morgan fingerprint density at radius 1 is 1.23 bits per heavy atom. The normalized spacial score (nSPS) is 23.0. The first-order valence-electron chi connectivity index (χ1n) is 10.9. The number of nitrogens with zero attached hydrogens (tertiary/aromatic N) is 3. The van der Waals surface area contributed by atoms with E-state index in [9.17, 15) is 4.79 Å².